The second kappa shape index (κ2) is 12.6. The van der Waals surface area contributed by atoms with Crippen molar-refractivity contribution in [1.82, 2.24) is 15.6 Å². The van der Waals surface area contributed by atoms with Crippen molar-refractivity contribution in [2.75, 3.05) is 29.9 Å². The van der Waals surface area contributed by atoms with E-state index in [4.69, 9.17) is 0 Å². The molecule has 0 spiro atoms. The number of anilines is 2. The van der Waals surface area contributed by atoms with Gasteiger partial charge in [-0.3, -0.25) is 4.79 Å². The van der Waals surface area contributed by atoms with Crippen LogP contribution in [-0.2, 0) is 11.3 Å². The third-order valence-corrected chi connectivity index (χ3v) is 5.08. The summed E-state index contributed by atoms with van der Waals surface area (Å²) < 4.78 is 14.0. The molecule has 1 fully saturated rings. The normalized spacial score (nSPS) is 16.0. The molecule has 9 heteroatoms. The Hall–Kier alpha value is -2.43. The molecule has 2 aromatic rings. The van der Waals surface area contributed by atoms with Crippen molar-refractivity contribution < 1.29 is 9.18 Å². The van der Waals surface area contributed by atoms with Gasteiger partial charge in [-0.1, -0.05) is 26.0 Å². The number of aliphatic imine (C=N–C) groups is 1. The first-order chi connectivity index (χ1) is 15.0. The molecule has 1 amide bonds. The number of rotatable bonds is 7. The fourth-order valence-corrected chi connectivity index (χ4v) is 3.34. The Morgan fingerprint density at radius 1 is 1.28 bits per heavy atom. The number of benzene rings is 1. The van der Waals surface area contributed by atoms with Gasteiger partial charge in [0.1, 0.15) is 0 Å². The van der Waals surface area contributed by atoms with Crippen molar-refractivity contribution in [2.45, 2.75) is 39.8 Å². The minimum atomic E-state index is -0.295. The van der Waals surface area contributed by atoms with Crippen LogP contribution >= 0.6 is 24.0 Å². The van der Waals surface area contributed by atoms with E-state index in [-0.39, 0.29) is 47.7 Å². The van der Waals surface area contributed by atoms with Crippen LogP contribution in [-0.4, -0.2) is 42.5 Å². The van der Waals surface area contributed by atoms with Gasteiger partial charge in [0.05, 0.1) is 6.54 Å². The molecule has 0 aliphatic carbocycles. The average molecular weight is 554 g/mol. The van der Waals surface area contributed by atoms with Crippen LogP contribution in [0.15, 0.2) is 47.6 Å². The van der Waals surface area contributed by atoms with E-state index in [2.05, 4.69) is 25.9 Å². The zero-order chi connectivity index (χ0) is 22.2. The SMILES string of the molecule is CCNC(=NCc1ccc(NC(=O)C(C)C)cc1)NC1CCN(c2ncccc2F)C1.I. The van der Waals surface area contributed by atoms with Gasteiger partial charge in [0, 0.05) is 43.5 Å². The summed E-state index contributed by atoms with van der Waals surface area (Å²) in [4.78, 5) is 22.6. The summed E-state index contributed by atoms with van der Waals surface area (Å²) in [5, 5.41) is 9.60. The molecule has 1 aromatic heterocycles. The highest BCUT2D eigenvalue weighted by atomic mass is 127. The number of hydrogen-bond donors (Lipinski definition) is 3. The quantitative estimate of drug-likeness (QED) is 0.276. The number of hydrogen-bond acceptors (Lipinski definition) is 4. The summed E-state index contributed by atoms with van der Waals surface area (Å²) in [6.45, 7) is 8.43. The summed E-state index contributed by atoms with van der Waals surface area (Å²) in [6, 6.07) is 10.9. The van der Waals surface area contributed by atoms with Crippen LogP contribution in [0.25, 0.3) is 0 Å². The number of nitrogens with one attached hydrogen (secondary N) is 3. The van der Waals surface area contributed by atoms with Gasteiger partial charge in [0.15, 0.2) is 17.6 Å². The van der Waals surface area contributed by atoms with Crippen LogP contribution < -0.4 is 20.9 Å². The number of halogens is 2. The lowest BCUT2D eigenvalue weighted by Crippen LogP contribution is -2.44. The smallest absolute Gasteiger partial charge is 0.226 e. The summed E-state index contributed by atoms with van der Waals surface area (Å²) in [5.74, 6) is 0.780. The predicted molar refractivity (Wildman–Crippen MR) is 138 cm³/mol. The van der Waals surface area contributed by atoms with Crippen molar-refractivity contribution in [3.63, 3.8) is 0 Å². The molecule has 174 valence electrons. The van der Waals surface area contributed by atoms with Gasteiger partial charge in [-0.15, -0.1) is 24.0 Å². The van der Waals surface area contributed by atoms with E-state index < -0.39 is 0 Å². The highest BCUT2D eigenvalue weighted by Crippen LogP contribution is 2.20. The number of nitrogens with zero attached hydrogens (tertiary/aromatic N) is 3. The Bertz CT molecular complexity index is 906. The molecule has 0 bridgehead atoms. The van der Waals surface area contributed by atoms with Crippen LogP contribution in [0.5, 0.6) is 0 Å². The van der Waals surface area contributed by atoms with Gasteiger partial charge in [-0.25, -0.2) is 14.4 Å². The molecule has 1 saturated heterocycles. The summed E-state index contributed by atoms with van der Waals surface area (Å²) in [5.41, 5.74) is 1.83. The van der Waals surface area contributed by atoms with Crippen LogP contribution in [0.1, 0.15) is 32.8 Å². The number of amides is 1. The molecule has 1 aliphatic heterocycles. The Kier molecular flexibility index (Phi) is 10.1. The molecule has 3 rings (SSSR count). The van der Waals surface area contributed by atoms with Gasteiger partial charge in [0.2, 0.25) is 5.91 Å². The van der Waals surface area contributed by atoms with Crippen molar-refractivity contribution in [3.05, 3.63) is 54.0 Å². The van der Waals surface area contributed by atoms with Gasteiger partial charge < -0.3 is 20.9 Å². The van der Waals surface area contributed by atoms with E-state index >= 15 is 0 Å². The van der Waals surface area contributed by atoms with Crippen LogP contribution in [0.3, 0.4) is 0 Å². The van der Waals surface area contributed by atoms with Crippen molar-refractivity contribution in [1.29, 1.82) is 0 Å². The van der Waals surface area contributed by atoms with Crippen molar-refractivity contribution >= 4 is 47.3 Å². The highest BCUT2D eigenvalue weighted by Gasteiger charge is 2.25. The van der Waals surface area contributed by atoms with E-state index in [0.717, 1.165) is 36.7 Å². The van der Waals surface area contributed by atoms with E-state index in [1.807, 2.05) is 49.9 Å². The van der Waals surface area contributed by atoms with Crippen molar-refractivity contribution in [3.8, 4) is 0 Å². The zero-order valence-electron chi connectivity index (χ0n) is 18.8. The van der Waals surface area contributed by atoms with Gasteiger partial charge in [0.25, 0.3) is 0 Å². The molecule has 1 aromatic carbocycles. The second-order valence-corrected chi connectivity index (χ2v) is 7.92. The number of aromatic nitrogens is 1. The van der Waals surface area contributed by atoms with E-state index in [0.29, 0.717) is 18.9 Å². The van der Waals surface area contributed by atoms with Gasteiger partial charge in [-0.05, 0) is 43.2 Å². The number of pyridine rings is 1. The minimum Gasteiger partial charge on any atom is -0.357 e. The first-order valence-corrected chi connectivity index (χ1v) is 10.8. The van der Waals surface area contributed by atoms with E-state index in [1.54, 1.807) is 12.3 Å². The fourth-order valence-electron chi connectivity index (χ4n) is 3.34. The molecular formula is C23H32FIN6O. The third-order valence-electron chi connectivity index (χ3n) is 5.08. The maximum Gasteiger partial charge on any atom is 0.226 e. The summed E-state index contributed by atoms with van der Waals surface area (Å²) in [6.07, 6.45) is 2.49. The maximum atomic E-state index is 14.0. The molecular weight excluding hydrogens is 522 g/mol. The molecule has 0 radical (unpaired) electrons. The standard InChI is InChI=1S/C23H31FN6O.HI/c1-4-25-23(27-14-17-7-9-18(10-8-17)28-22(31)16(2)3)29-19-11-13-30(15-19)21-20(24)6-5-12-26-21;/h5-10,12,16,19H,4,11,13-15H2,1-3H3,(H,28,31)(H2,25,27,29);1H. The Labute approximate surface area is 206 Å². The molecule has 1 atom stereocenters. The fraction of sp³-hybridized carbons (Fsp3) is 0.435. The Morgan fingerprint density at radius 2 is 2.03 bits per heavy atom. The Morgan fingerprint density at radius 3 is 2.69 bits per heavy atom. The lowest BCUT2D eigenvalue weighted by molar-refractivity contribution is -0.118. The molecule has 1 unspecified atom stereocenters. The number of guanidine groups is 1. The van der Waals surface area contributed by atoms with Crippen LogP contribution in [0, 0.1) is 11.7 Å². The number of carbonyl (C=O) groups excluding carboxylic acids is 1. The van der Waals surface area contributed by atoms with Crippen LogP contribution in [0.4, 0.5) is 15.9 Å². The highest BCUT2D eigenvalue weighted by molar-refractivity contribution is 14.0. The van der Waals surface area contributed by atoms with E-state index in [9.17, 15) is 9.18 Å². The zero-order valence-corrected chi connectivity index (χ0v) is 21.1. The first-order valence-electron chi connectivity index (χ1n) is 10.8. The molecule has 3 N–H and O–H groups in total. The molecule has 32 heavy (non-hydrogen) atoms. The average Bonchev–Trinajstić information content (AvgIpc) is 3.21. The molecule has 0 saturated carbocycles. The van der Waals surface area contributed by atoms with Gasteiger partial charge in [-0.2, -0.15) is 0 Å². The third kappa shape index (κ3) is 7.32. The topological polar surface area (TPSA) is 81.6 Å². The minimum absolute atomic E-state index is 0. The Balaban J connectivity index is 0.00000363. The molecule has 2 heterocycles. The lowest BCUT2D eigenvalue weighted by Gasteiger charge is -2.20. The largest absolute Gasteiger partial charge is 0.357 e. The molecule has 7 nitrogen and oxygen atoms in total. The number of carbonyl (C=O) groups is 1. The monoisotopic (exact) mass is 554 g/mol. The molecule has 1 aliphatic rings. The first kappa shape index (κ1) is 25.8. The van der Waals surface area contributed by atoms with Crippen LogP contribution in [0.2, 0.25) is 0 Å². The maximum absolute atomic E-state index is 14.0. The second-order valence-electron chi connectivity index (χ2n) is 7.92. The predicted octanol–water partition coefficient (Wildman–Crippen LogP) is 3.77. The lowest BCUT2D eigenvalue weighted by atomic mass is 10.1. The van der Waals surface area contributed by atoms with Crippen molar-refractivity contribution in [2.24, 2.45) is 10.9 Å². The van der Waals surface area contributed by atoms with Gasteiger partial charge >= 0.3 is 0 Å². The summed E-state index contributed by atoms with van der Waals surface area (Å²) >= 11 is 0. The van der Waals surface area contributed by atoms with E-state index in [1.165, 1.54) is 6.07 Å². The summed E-state index contributed by atoms with van der Waals surface area (Å²) in [7, 11) is 0.